The van der Waals surface area contributed by atoms with E-state index in [1.165, 1.54) is 6.07 Å². The zero-order valence-corrected chi connectivity index (χ0v) is 10.5. The predicted octanol–water partition coefficient (Wildman–Crippen LogP) is 2.61. The fraction of sp³-hybridized carbons (Fsp3) is 0.143. The number of para-hydroxylation sites is 1. The van der Waals surface area contributed by atoms with Crippen LogP contribution in [0.3, 0.4) is 0 Å². The summed E-state index contributed by atoms with van der Waals surface area (Å²) >= 11 is 0. The molecular weight excluding hydrogens is 266 g/mol. The number of carbonyl (C=O) groups excluding carboxylic acids is 2. The van der Waals surface area contributed by atoms with Crippen molar-refractivity contribution in [3.63, 3.8) is 0 Å². The largest absolute Gasteiger partial charge is 0.345 e. The lowest BCUT2D eigenvalue weighted by molar-refractivity contribution is -0.116. The van der Waals surface area contributed by atoms with Gasteiger partial charge < -0.3 is 9.88 Å². The second kappa shape index (κ2) is 6.10. The van der Waals surface area contributed by atoms with Crippen molar-refractivity contribution >= 4 is 17.9 Å². The van der Waals surface area contributed by atoms with Gasteiger partial charge in [0.2, 0.25) is 5.91 Å². The maximum atomic E-state index is 13.3. The minimum atomic E-state index is -0.826. The molecule has 1 aromatic carbocycles. The van der Waals surface area contributed by atoms with Crippen molar-refractivity contribution in [2.24, 2.45) is 0 Å². The second-order valence-corrected chi connectivity index (χ2v) is 4.14. The van der Waals surface area contributed by atoms with Gasteiger partial charge in [0.1, 0.15) is 17.3 Å². The number of aryl methyl sites for hydroxylation is 1. The maximum absolute atomic E-state index is 13.3. The molecule has 0 spiro atoms. The van der Waals surface area contributed by atoms with Crippen LogP contribution in [0.15, 0.2) is 36.5 Å². The summed E-state index contributed by atoms with van der Waals surface area (Å²) < 4.78 is 28.3. The van der Waals surface area contributed by atoms with E-state index < -0.39 is 23.2 Å². The smallest absolute Gasteiger partial charge is 0.226 e. The molecule has 1 N–H and O–H groups in total. The third-order valence-electron chi connectivity index (χ3n) is 2.79. The third-order valence-corrected chi connectivity index (χ3v) is 2.79. The molecule has 0 saturated carbocycles. The van der Waals surface area contributed by atoms with E-state index in [4.69, 9.17) is 0 Å². The summed E-state index contributed by atoms with van der Waals surface area (Å²) in [5.74, 6) is -2.18. The first-order chi connectivity index (χ1) is 9.61. The van der Waals surface area contributed by atoms with Crippen LogP contribution in [0.4, 0.5) is 14.5 Å². The molecular formula is C14H12F2N2O2. The van der Waals surface area contributed by atoms with E-state index in [1.54, 1.807) is 22.9 Å². The Morgan fingerprint density at radius 3 is 2.55 bits per heavy atom. The fourth-order valence-electron chi connectivity index (χ4n) is 1.78. The first-order valence-corrected chi connectivity index (χ1v) is 5.96. The van der Waals surface area contributed by atoms with Crippen molar-refractivity contribution < 1.29 is 18.4 Å². The first kappa shape index (κ1) is 13.9. The van der Waals surface area contributed by atoms with Crippen molar-refractivity contribution in [2.75, 3.05) is 5.32 Å². The van der Waals surface area contributed by atoms with Gasteiger partial charge in [-0.15, -0.1) is 0 Å². The van der Waals surface area contributed by atoms with Gasteiger partial charge in [-0.05, 0) is 24.3 Å². The lowest BCUT2D eigenvalue weighted by Crippen LogP contribution is -2.16. The second-order valence-electron chi connectivity index (χ2n) is 4.14. The zero-order chi connectivity index (χ0) is 14.5. The Morgan fingerprint density at radius 2 is 1.90 bits per heavy atom. The van der Waals surface area contributed by atoms with Gasteiger partial charge in [-0.3, -0.25) is 9.59 Å². The highest BCUT2D eigenvalue weighted by Crippen LogP contribution is 2.18. The summed E-state index contributed by atoms with van der Waals surface area (Å²) in [7, 11) is 0. The summed E-state index contributed by atoms with van der Waals surface area (Å²) in [6, 6.07) is 6.64. The topological polar surface area (TPSA) is 51.1 Å². The minimum Gasteiger partial charge on any atom is -0.345 e. The molecule has 0 unspecified atom stereocenters. The Hall–Kier alpha value is -2.50. The molecule has 2 rings (SSSR count). The highest BCUT2D eigenvalue weighted by Gasteiger charge is 2.12. The number of nitrogens with one attached hydrogen (secondary N) is 1. The lowest BCUT2D eigenvalue weighted by Gasteiger charge is -2.08. The van der Waals surface area contributed by atoms with E-state index in [-0.39, 0.29) is 13.0 Å². The van der Waals surface area contributed by atoms with Gasteiger partial charge in [0.05, 0.1) is 5.69 Å². The van der Waals surface area contributed by atoms with Gasteiger partial charge in [0, 0.05) is 19.2 Å². The Labute approximate surface area is 114 Å². The Kier molecular flexibility index (Phi) is 4.24. The summed E-state index contributed by atoms with van der Waals surface area (Å²) in [5.41, 5.74) is -0.0181. The van der Waals surface area contributed by atoms with Crippen LogP contribution in [-0.4, -0.2) is 16.8 Å². The number of rotatable bonds is 5. The van der Waals surface area contributed by atoms with E-state index in [9.17, 15) is 18.4 Å². The Bertz CT molecular complexity index is 618. The SMILES string of the molecule is O=Cc1cccn1CCC(=O)Nc1c(F)cccc1F. The van der Waals surface area contributed by atoms with Crippen molar-refractivity contribution in [2.45, 2.75) is 13.0 Å². The average molecular weight is 278 g/mol. The van der Waals surface area contributed by atoms with Crippen LogP contribution in [0, 0.1) is 11.6 Å². The molecule has 20 heavy (non-hydrogen) atoms. The molecule has 0 atom stereocenters. The maximum Gasteiger partial charge on any atom is 0.226 e. The highest BCUT2D eigenvalue weighted by molar-refractivity contribution is 5.90. The number of carbonyl (C=O) groups is 2. The minimum absolute atomic E-state index is 0.00327. The molecule has 0 aliphatic carbocycles. The summed E-state index contributed by atoms with van der Waals surface area (Å²) in [6.45, 7) is 0.253. The average Bonchev–Trinajstić information content (AvgIpc) is 2.88. The normalized spacial score (nSPS) is 10.3. The van der Waals surface area contributed by atoms with Crippen LogP contribution in [0.2, 0.25) is 0 Å². The number of benzene rings is 1. The number of hydrogen-bond acceptors (Lipinski definition) is 2. The van der Waals surface area contributed by atoms with E-state index in [2.05, 4.69) is 5.32 Å². The van der Waals surface area contributed by atoms with Crippen LogP contribution in [0.25, 0.3) is 0 Å². The van der Waals surface area contributed by atoms with Crippen molar-refractivity contribution in [3.8, 4) is 0 Å². The standard InChI is InChI=1S/C14H12F2N2O2/c15-11-4-1-5-12(16)14(11)17-13(20)6-8-18-7-2-3-10(18)9-19/h1-5,7,9H,6,8H2,(H,17,20). The van der Waals surface area contributed by atoms with Gasteiger partial charge in [-0.1, -0.05) is 6.07 Å². The highest BCUT2D eigenvalue weighted by atomic mass is 19.1. The number of halogens is 2. The summed E-state index contributed by atoms with van der Waals surface area (Å²) in [6.07, 6.45) is 2.33. The quantitative estimate of drug-likeness (QED) is 0.855. The van der Waals surface area contributed by atoms with Gasteiger partial charge in [-0.2, -0.15) is 0 Å². The van der Waals surface area contributed by atoms with Gasteiger partial charge in [0.25, 0.3) is 0 Å². The molecule has 6 heteroatoms. The third kappa shape index (κ3) is 3.09. The summed E-state index contributed by atoms with van der Waals surface area (Å²) in [5, 5.41) is 2.19. The molecule has 0 aliphatic rings. The number of aromatic nitrogens is 1. The number of anilines is 1. The molecule has 0 fully saturated rings. The van der Waals surface area contributed by atoms with Crippen LogP contribution in [0.5, 0.6) is 0 Å². The van der Waals surface area contributed by atoms with Crippen LogP contribution in [-0.2, 0) is 11.3 Å². The zero-order valence-electron chi connectivity index (χ0n) is 10.5. The molecule has 0 radical (unpaired) electrons. The number of amides is 1. The molecule has 4 nitrogen and oxygen atoms in total. The summed E-state index contributed by atoms with van der Waals surface area (Å²) in [4.78, 5) is 22.4. The predicted molar refractivity (Wildman–Crippen MR) is 69.4 cm³/mol. The fourth-order valence-corrected chi connectivity index (χ4v) is 1.78. The van der Waals surface area contributed by atoms with Crippen LogP contribution in [0.1, 0.15) is 16.9 Å². The van der Waals surface area contributed by atoms with Crippen LogP contribution < -0.4 is 5.32 Å². The van der Waals surface area contributed by atoms with E-state index in [0.29, 0.717) is 12.0 Å². The van der Waals surface area contributed by atoms with E-state index in [0.717, 1.165) is 12.1 Å². The van der Waals surface area contributed by atoms with Gasteiger partial charge in [0.15, 0.2) is 6.29 Å². The molecule has 0 bridgehead atoms. The monoisotopic (exact) mass is 278 g/mol. The van der Waals surface area contributed by atoms with Gasteiger partial charge >= 0.3 is 0 Å². The van der Waals surface area contributed by atoms with Crippen LogP contribution >= 0.6 is 0 Å². The first-order valence-electron chi connectivity index (χ1n) is 5.96. The molecule has 1 amide bonds. The molecule has 0 aliphatic heterocycles. The van der Waals surface area contributed by atoms with E-state index in [1.807, 2.05) is 0 Å². The Morgan fingerprint density at radius 1 is 1.20 bits per heavy atom. The molecule has 0 saturated heterocycles. The van der Waals surface area contributed by atoms with Gasteiger partial charge in [-0.25, -0.2) is 8.78 Å². The van der Waals surface area contributed by atoms with Crippen molar-refractivity contribution in [1.82, 2.24) is 4.57 Å². The Balaban J connectivity index is 1.98. The molecule has 1 heterocycles. The van der Waals surface area contributed by atoms with E-state index >= 15 is 0 Å². The van der Waals surface area contributed by atoms with Crippen molar-refractivity contribution in [1.29, 1.82) is 0 Å². The number of hydrogen-bond donors (Lipinski definition) is 1. The van der Waals surface area contributed by atoms with Crippen molar-refractivity contribution in [3.05, 3.63) is 53.9 Å². The number of aldehydes is 1. The molecule has 104 valence electrons. The molecule has 1 aromatic heterocycles. The lowest BCUT2D eigenvalue weighted by atomic mass is 10.2. The number of nitrogens with zero attached hydrogens (tertiary/aromatic N) is 1. The molecule has 2 aromatic rings.